The summed E-state index contributed by atoms with van der Waals surface area (Å²) in [6.07, 6.45) is 2.22. The van der Waals surface area contributed by atoms with Gasteiger partial charge in [-0.25, -0.2) is 0 Å². The molecule has 2 aromatic carbocycles. The first kappa shape index (κ1) is 14.1. The van der Waals surface area contributed by atoms with Crippen molar-refractivity contribution in [2.75, 3.05) is 5.32 Å². The second-order valence-electron chi connectivity index (χ2n) is 5.17. The summed E-state index contributed by atoms with van der Waals surface area (Å²) in [7, 11) is 0. The lowest BCUT2D eigenvalue weighted by Gasteiger charge is -2.37. The molecule has 4 heteroatoms. The van der Waals surface area contributed by atoms with E-state index in [9.17, 15) is 0 Å². The molecule has 1 fully saturated rings. The van der Waals surface area contributed by atoms with Gasteiger partial charge in [-0.05, 0) is 36.5 Å². The second-order valence-corrected chi connectivity index (χ2v) is 6.39. The van der Waals surface area contributed by atoms with E-state index < -0.39 is 0 Å². The normalized spacial score (nSPS) is 21.4. The summed E-state index contributed by atoms with van der Waals surface area (Å²) in [5.41, 5.74) is 2.27. The molecule has 2 aromatic rings. The van der Waals surface area contributed by atoms with Crippen LogP contribution in [0.5, 0.6) is 0 Å². The van der Waals surface area contributed by atoms with Gasteiger partial charge < -0.3 is 5.32 Å². The fourth-order valence-corrected chi connectivity index (χ4v) is 3.19. The van der Waals surface area contributed by atoms with Gasteiger partial charge in [0.2, 0.25) is 0 Å². The maximum absolute atomic E-state index is 6.17. The summed E-state index contributed by atoms with van der Waals surface area (Å²) >= 11 is 18.1. The van der Waals surface area contributed by atoms with Crippen molar-refractivity contribution in [1.82, 2.24) is 0 Å². The zero-order valence-corrected chi connectivity index (χ0v) is 13.0. The van der Waals surface area contributed by atoms with Crippen LogP contribution in [0.25, 0.3) is 0 Å². The Morgan fingerprint density at radius 2 is 1.50 bits per heavy atom. The molecule has 1 saturated carbocycles. The molecule has 104 valence electrons. The van der Waals surface area contributed by atoms with Crippen molar-refractivity contribution in [3.05, 3.63) is 63.1 Å². The van der Waals surface area contributed by atoms with E-state index in [-0.39, 0.29) is 0 Å². The Hall–Kier alpha value is -0.890. The van der Waals surface area contributed by atoms with Crippen LogP contribution in [0.2, 0.25) is 15.1 Å². The summed E-state index contributed by atoms with van der Waals surface area (Å²) in [6, 6.07) is 14.5. The molecule has 0 amide bonds. The highest BCUT2D eigenvalue weighted by molar-refractivity contribution is 6.44. The molecular weight excluding hydrogens is 313 g/mol. The van der Waals surface area contributed by atoms with Crippen molar-refractivity contribution in [3.8, 4) is 0 Å². The number of hydrogen-bond acceptors (Lipinski definition) is 1. The highest BCUT2D eigenvalue weighted by atomic mass is 35.5. The smallest absolute Gasteiger partial charge is 0.0653 e. The predicted octanol–water partition coefficient (Wildman–Crippen LogP) is 6.00. The van der Waals surface area contributed by atoms with Crippen LogP contribution < -0.4 is 5.32 Å². The zero-order chi connectivity index (χ0) is 14.1. The monoisotopic (exact) mass is 325 g/mol. The molecule has 1 N–H and O–H groups in total. The summed E-state index contributed by atoms with van der Waals surface area (Å²) < 4.78 is 0. The van der Waals surface area contributed by atoms with Gasteiger partial charge in [0.05, 0.1) is 20.8 Å². The first-order valence-electron chi connectivity index (χ1n) is 6.59. The molecule has 0 radical (unpaired) electrons. The maximum Gasteiger partial charge on any atom is 0.0653 e. The van der Waals surface area contributed by atoms with Gasteiger partial charge in [0.25, 0.3) is 0 Å². The lowest BCUT2D eigenvalue weighted by Crippen LogP contribution is -2.34. The van der Waals surface area contributed by atoms with E-state index in [1.807, 2.05) is 6.07 Å². The molecule has 1 aliphatic rings. The molecule has 0 atom stereocenters. The first-order chi connectivity index (χ1) is 9.63. The molecule has 1 nitrogen and oxygen atoms in total. The van der Waals surface area contributed by atoms with E-state index in [0.29, 0.717) is 27.0 Å². The highest BCUT2D eigenvalue weighted by Gasteiger charge is 2.30. The molecule has 3 rings (SSSR count). The van der Waals surface area contributed by atoms with Crippen molar-refractivity contribution >= 4 is 40.5 Å². The third kappa shape index (κ3) is 2.90. The van der Waals surface area contributed by atoms with Gasteiger partial charge in [0.1, 0.15) is 0 Å². The molecular formula is C16H14Cl3N. The number of benzene rings is 2. The van der Waals surface area contributed by atoms with Gasteiger partial charge in [0, 0.05) is 6.04 Å². The lowest BCUT2D eigenvalue weighted by atomic mass is 9.76. The summed E-state index contributed by atoms with van der Waals surface area (Å²) in [6.45, 7) is 0. The fraction of sp³-hybridized carbons (Fsp3) is 0.250. The predicted molar refractivity (Wildman–Crippen MR) is 87.3 cm³/mol. The molecule has 0 saturated heterocycles. The van der Waals surface area contributed by atoms with E-state index in [2.05, 4.69) is 29.6 Å². The van der Waals surface area contributed by atoms with Gasteiger partial charge in [-0.3, -0.25) is 0 Å². The average molecular weight is 327 g/mol. The Morgan fingerprint density at radius 3 is 2.20 bits per heavy atom. The number of halogens is 3. The van der Waals surface area contributed by atoms with Crippen LogP contribution in [0.1, 0.15) is 24.3 Å². The Morgan fingerprint density at radius 1 is 0.850 bits per heavy atom. The number of hydrogen-bond donors (Lipinski definition) is 1. The summed E-state index contributed by atoms with van der Waals surface area (Å²) in [5, 5.41) is 5.06. The van der Waals surface area contributed by atoms with Crippen LogP contribution in [-0.4, -0.2) is 6.04 Å². The zero-order valence-electron chi connectivity index (χ0n) is 10.7. The third-order valence-corrected chi connectivity index (χ3v) is 4.81. The lowest BCUT2D eigenvalue weighted by molar-refractivity contribution is 0.374. The Balaban J connectivity index is 1.63. The fourth-order valence-electron chi connectivity index (χ4n) is 2.59. The minimum Gasteiger partial charge on any atom is -0.381 e. The van der Waals surface area contributed by atoms with Crippen LogP contribution in [0.4, 0.5) is 5.69 Å². The average Bonchev–Trinajstić information content (AvgIpc) is 2.40. The van der Waals surface area contributed by atoms with Gasteiger partial charge in [0.15, 0.2) is 0 Å². The number of nitrogens with one attached hydrogen (secondary N) is 1. The van der Waals surface area contributed by atoms with Gasteiger partial charge in [-0.15, -0.1) is 0 Å². The molecule has 20 heavy (non-hydrogen) atoms. The van der Waals surface area contributed by atoms with Crippen LogP contribution in [-0.2, 0) is 0 Å². The van der Waals surface area contributed by atoms with Gasteiger partial charge >= 0.3 is 0 Å². The Labute approximate surface area is 133 Å². The molecule has 0 spiro atoms. The summed E-state index contributed by atoms with van der Waals surface area (Å²) in [5.74, 6) is 0.634. The Bertz CT molecular complexity index is 607. The molecule has 0 aliphatic heterocycles. The van der Waals surface area contributed by atoms with Crippen molar-refractivity contribution in [1.29, 1.82) is 0 Å². The van der Waals surface area contributed by atoms with E-state index >= 15 is 0 Å². The van der Waals surface area contributed by atoms with E-state index in [0.717, 1.165) is 18.5 Å². The Kier molecular flexibility index (Phi) is 4.11. The van der Waals surface area contributed by atoms with E-state index in [1.165, 1.54) is 5.56 Å². The SMILES string of the molecule is Clc1cc(Cl)c(NC2CC(c3ccccc3)C2)cc1Cl. The molecule has 0 unspecified atom stereocenters. The molecule has 1 aliphatic carbocycles. The van der Waals surface area contributed by atoms with Crippen LogP contribution in [0.15, 0.2) is 42.5 Å². The molecule has 0 bridgehead atoms. The van der Waals surface area contributed by atoms with Gasteiger partial charge in [-0.1, -0.05) is 65.1 Å². The van der Waals surface area contributed by atoms with E-state index in [4.69, 9.17) is 34.8 Å². The van der Waals surface area contributed by atoms with Crippen LogP contribution in [0.3, 0.4) is 0 Å². The standard InChI is InChI=1S/C16H14Cl3N/c17-13-8-15(19)16(9-14(13)18)20-12-6-11(7-12)10-4-2-1-3-5-10/h1-5,8-9,11-12,20H,6-7H2. The minimum absolute atomic E-state index is 0.440. The quantitative estimate of drug-likeness (QED) is 0.682. The topological polar surface area (TPSA) is 12.0 Å². The maximum atomic E-state index is 6.17. The molecule has 0 heterocycles. The number of anilines is 1. The van der Waals surface area contributed by atoms with Crippen LogP contribution in [0, 0.1) is 0 Å². The van der Waals surface area contributed by atoms with E-state index in [1.54, 1.807) is 12.1 Å². The first-order valence-corrected chi connectivity index (χ1v) is 7.73. The molecule has 0 aromatic heterocycles. The van der Waals surface area contributed by atoms with Crippen LogP contribution >= 0.6 is 34.8 Å². The number of rotatable bonds is 3. The third-order valence-electron chi connectivity index (χ3n) is 3.78. The van der Waals surface area contributed by atoms with Crippen molar-refractivity contribution in [2.24, 2.45) is 0 Å². The largest absolute Gasteiger partial charge is 0.381 e. The second kappa shape index (κ2) is 5.85. The van der Waals surface area contributed by atoms with Crippen molar-refractivity contribution in [2.45, 2.75) is 24.8 Å². The minimum atomic E-state index is 0.440. The van der Waals surface area contributed by atoms with Crippen molar-refractivity contribution in [3.63, 3.8) is 0 Å². The highest BCUT2D eigenvalue weighted by Crippen LogP contribution is 2.40. The van der Waals surface area contributed by atoms with Gasteiger partial charge in [-0.2, -0.15) is 0 Å². The van der Waals surface area contributed by atoms with Crippen molar-refractivity contribution < 1.29 is 0 Å². The summed E-state index contributed by atoms with van der Waals surface area (Å²) in [4.78, 5) is 0.